The van der Waals surface area contributed by atoms with E-state index in [2.05, 4.69) is 0 Å². The van der Waals surface area contributed by atoms with Crippen molar-refractivity contribution in [3.05, 3.63) is 108 Å². The fraction of sp³-hybridized carbons (Fsp3) is 0.258. The smallest absolute Gasteiger partial charge is 0.204 e. The molecule has 1 aliphatic carbocycles. The molecule has 6 rings (SSSR count). The Labute approximate surface area is 225 Å². The largest absolute Gasteiger partial charge is 0.497 e. The van der Waals surface area contributed by atoms with Gasteiger partial charge in [-0.15, -0.1) is 0 Å². The Morgan fingerprint density at radius 1 is 0.872 bits per heavy atom. The average molecular weight is 529 g/mol. The third kappa shape index (κ3) is 3.35. The van der Waals surface area contributed by atoms with Gasteiger partial charge >= 0.3 is 0 Å². The number of rotatable bonds is 7. The summed E-state index contributed by atoms with van der Waals surface area (Å²) in [5.74, 6) is -0.740. The highest BCUT2D eigenvalue weighted by Gasteiger charge is 2.78. The number of hydrogen-bond donors (Lipinski definition) is 2. The Kier molecular flexibility index (Phi) is 5.89. The van der Waals surface area contributed by atoms with Crippen molar-refractivity contribution >= 4 is 5.78 Å². The van der Waals surface area contributed by atoms with Gasteiger partial charge in [0, 0.05) is 18.1 Å². The van der Waals surface area contributed by atoms with E-state index in [1.165, 1.54) is 20.5 Å². The second kappa shape index (κ2) is 9.18. The zero-order valence-corrected chi connectivity index (χ0v) is 21.7. The lowest BCUT2D eigenvalue weighted by atomic mass is 9.70. The van der Waals surface area contributed by atoms with Gasteiger partial charge in [-0.2, -0.15) is 0 Å². The number of ether oxygens (including phenoxy) is 4. The summed E-state index contributed by atoms with van der Waals surface area (Å²) in [6, 6.07) is 22.8. The molecule has 1 saturated carbocycles. The molecule has 2 heterocycles. The number of methoxy groups -OCH3 is 3. The fourth-order valence-electron chi connectivity index (χ4n) is 6.38. The zero-order chi connectivity index (χ0) is 27.4. The summed E-state index contributed by atoms with van der Waals surface area (Å²) in [4.78, 5) is 14.0. The molecular formula is C31H28O8. The first-order chi connectivity index (χ1) is 18.9. The highest BCUT2D eigenvalue weighted by molar-refractivity contribution is 5.97. The molecule has 1 aromatic heterocycles. The number of Topliss-reactive ketones (excluding diaryl/α,β-unsaturated/α-hetero) is 1. The maximum absolute atomic E-state index is 14.0. The van der Waals surface area contributed by atoms with Crippen LogP contribution < -0.4 is 18.9 Å². The van der Waals surface area contributed by atoms with E-state index in [-0.39, 0.29) is 22.8 Å². The number of hydrogen-bond acceptors (Lipinski definition) is 8. The second-order valence-corrected chi connectivity index (χ2v) is 9.74. The summed E-state index contributed by atoms with van der Waals surface area (Å²) in [6.07, 6.45) is -0.201. The maximum atomic E-state index is 14.0. The quantitative estimate of drug-likeness (QED) is 0.339. The third-order valence-electron chi connectivity index (χ3n) is 8.02. The van der Waals surface area contributed by atoms with Gasteiger partial charge in [-0.3, -0.25) is 4.79 Å². The summed E-state index contributed by atoms with van der Waals surface area (Å²) in [5, 5.41) is 25.0. The van der Waals surface area contributed by atoms with E-state index in [0.29, 0.717) is 22.6 Å². The minimum atomic E-state index is -2.11. The highest BCUT2D eigenvalue weighted by Crippen LogP contribution is 2.70. The van der Waals surface area contributed by atoms with E-state index in [4.69, 9.17) is 23.4 Å². The molecule has 0 unspecified atom stereocenters. The minimum absolute atomic E-state index is 0.0790. The van der Waals surface area contributed by atoms with Crippen LogP contribution >= 0.6 is 0 Å². The van der Waals surface area contributed by atoms with Crippen LogP contribution in [0.4, 0.5) is 0 Å². The van der Waals surface area contributed by atoms with Crippen LogP contribution in [0.1, 0.15) is 33.2 Å². The van der Waals surface area contributed by atoms with Gasteiger partial charge in [-0.05, 0) is 35.4 Å². The van der Waals surface area contributed by atoms with Gasteiger partial charge in [0.05, 0.1) is 39.1 Å². The lowest BCUT2D eigenvalue weighted by Crippen LogP contribution is -2.52. The van der Waals surface area contributed by atoms with E-state index < -0.39 is 34.9 Å². The average Bonchev–Trinajstić information content (AvgIpc) is 3.65. The van der Waals surface area contributed by atoms with Crippen LogP contribution in [0.5, 0.6) is 23.0 Å². The predicted molar refractivity (Wildman–Crippen MR) is 140 cm³/mol. The molecule has 0 amide bonds. The molecular weight excluding hydrogens is 500 g/mol. The molecule has 0 spiro atoms. The molecule has 8 heteroatoms. The Morgan fingerprint density at radius 2 is 1.59 bits per heavy atom. The van der Waals surface area contributed by atoms with Crippen LogP contribution in [0.3, 0.4) is 0 Å². The van der Waals surface area contributed by atoms with E-state index in [9.17, 15) is 15.0 Å². The standard InChI is InChI=1S/C31H28O8/c1-35-20-13-11-19(12-14-20)31-26(18-8-5-4-6-9-18)25(28(32)22-10-7-15-38-22)29(33)30(31,34)27-23(37-3)16-21(36-2)17-24(27)39-31/h4-17,25-26,29,33-34H,1-3H3/t25-,26+,29+,30-,31-/m0/s1. The lowest BCUT2D eigenvalue weighted by Gasteiger charge is -2.40. The van der Waals surface area contributed by atoms with Crippen LogP contribution in [-0.4, -0.2) is 43.4 Å². The van der Waals surface area contributed by atoms with Crippen LogP contribution in [0.15, 0.2) is 89.5 Å². The minimum Gasteiger partial charge on any atom is -0.497 e. The van der Waals surface area contributed by atoms with Crippen molar-refractivity contribution < 1.29 is 38.4 Å². The Balaban J connectivity index is 1.69. The topological polar surface area (TPSA) is 108 Å². The van der Waals surface area contributed by atoms with Crippen molar-refractivity contribution in [3.8, 4) is 23.0 Å². The van der Waals surface area contributed by atoms with Crippen LogP contribution in [0.2, 0.25) is 0 Å². The molecule has 39 heavy (non-hydrogen) atoms. The molecule has 2 N–H and O–H groups in total. The number of fused-ring (bicyclic) bond motifs is 3. The molecule has 1 aliphatic heterocycles. The molecule has 3 aromatic carbocycles. The van der Waals surface area contributed by atoms with Crippen LogP contribution in [0.25, 0.3) is 0 Å². The zero-order valence-electron chi connectivity index (χ0n) is 21.7. The highest BCUT2D eigenvalue weighted by atomic mass is 16.5. The predicted octanol–water partition coefficient (Wildman–Crippen LogP) is 4.44. The summed E-state index contributed by atoms with van der Waals surface area (Å²) in [6.45, 7) is 0. The van der Waals surface area contributed by atoms with E-state index in [0.717, 1.165) is 0 Å². The van der Waals surface area contributed by atoms with Gasteiger partial charge in [0.1, 0.15) is 29.1 Å². The second-order valence-electron chi connectivity index (χ2n) is 9.74. The molecule has 200 valence electrons. The summed E-state index contributed by atoms with van der Waals surface area (Å²) in [5.41, 5.74) is -2.26. The summed E-state index contributed by atoms with van der Waals surface area (Å²) in [7, 11) is 4.55. The molecule has 1 fully saturated rings. The Morgan fingerprint density at radius 3 is 2.21 bits per heavy atom. The number of carbonyl (C=O) groups is 1. The number of benzene rings is 3. The number of ketones is 1. The molecule has 8 nitrogen and oxygen atoms in total. The first kappa shape index (κ1) is 25.0. The van der Waals surface area contributed by atoms with Crippen LogP contribution in [0, 0.1) is 5.92 Å². The number of furan rings is 1. The van der Waals surface area contributed by atoms with Crippen molar-refractivity contribution in [2.75, 3.05) is 21.3 Å². The summed E-state index contributed by atoms with van der Waals surface area (Å²) < 4.78 is 28.8. The van der Waals surface area contributed by atoms with E-state index in [1.54, 1.807) is 55.6 Å². The lowest BCUT2D eigenvalue weighted by molar-refractivity contribution is -0.151. The van der Waals surface area contributed by atoms with Crippen molar-refractivity contribution in [3.63, 3.8) is 0 Å². The van der Waals surface area contributed by atoms with Gasteiger partial charge in [0.15, 0.2) is 17.0 Å². The van der Waals surface area contributed by atoms with Gasteiger partial charge in [-0.1, -0.05) is 42.5 Å². The third-order valence-corrected chi connectivity index (χ3v) is 8.02. The van der Waals surface area contributed by atoms with Gasteiger partial charge in [0.25, 0.3) is 0 Å². The molecule has 4 aromatic rings. The number of aliphatic hydroxyl groups excluding tert-OH is 1. The monoisotopic (exact) mass is 528 g/mol. The Bertz CT molecular complexity index is 1500. The molecule has 0 saturated heterocycles. The van der Waals surface area contributed by atoms with Crippen molar-refractivity contribution in [2.24, 2.45) is 5.92 Å². The van der Waals surface area contributed by atoms with Crippen LogP contribution in [-0.2, 0) is 11.2 Å². The summed E-state index contributed by atoms with van der Waals surface area (Å²) >= 11 is 0. The van der Waals surface area contributed by atoms with Crippen molar-refractivity contribution in [2.45, 2.75) is 23.2 Å². The Hall–Kier alpha value is -4.27. The normalized spacial score (nSPS) is 26.8. The first-order valence-corrected chi connectivity index (χ1v) is 12.5. The fourth-order valence-corrected chi connectivity index (χ4v) is 6.38. The van der Waals surface area contributed by atoms with E-state index in [1.807, 2.05) is 30.3 Å². The van der Waals surface area contributed by atoms with Crippen molar-refractivity contribution in [1.29, 1.82) is 0 Å². The SMILES string of the molecule is COc1ccc([C@@]23Oc4cc(OC)cc(OC)c4[C@]2(O)[C@H](O)[C@H](C(=O)c2ccco2)[C@H]3c2ccccc2)cc1. The van der Waals surface area contributed by atoms with E-state index >= 15 is 0 Å². The van der Waals surface area contributed by atoms with Crippen molar-refractivity contribution in [1.82, 2.24) is 0 Å². The number of carbonyl (C=O) groups excluding carboxylic acids is 1. The molecule has 5 atom stereocenters. The maximum Gasteiger partial charge on any atom is 0.204 e. The molecule has 0 radical (unpaired) electrons. The van der Waals surface area contributed by atoms with Gasteiger partial charge in [0.2, 0.25) is 5.78 Å². The number of aliphatic hydroxyl groups is 2. The first-order valence-electron chi connectivity index (χ1n) is 12.5. The molecule has 2 aliphatic rings. The molecule has 0 bridgehead atoms. The van der Waals surface area contributed by atoms with Gasteiger partial charge < -0.3 is 33.6 Å². The van der Waals surface area contributed by atoms with Gasteiger partial charge in [-0.25, -0.2) is 0 Å².